The zero-order valence-electron chi connectivity index (χ0n) is 10.3. The van der Waals surface area contributed by atoms with Gasteiger partial charge in [0.05, 0.1) is 6.10 Å². The Morgan fingerprint density at radius 1 is 1.24 bits per heavy atom. The Labute approximate surface area is 109 Å². The lowest BCUT2D eigenvalue weighted by atomic mass is 10.1. The zero-order chi connectivity index (χ0) is 12.3. The van der Waals surface area contributed by atoms with Crippen molar-refractivity contribution in [3.63, 3.8) is 0 Å². The Balaban J connectivity index is 2.17. The van der Waals surface area contributed by atoms with E-state index in [0.29, 0.717) is 5.88 Å². The van der Waals surface area contributed by atoms with Crippen LogP contribution in [0.25, 0.3) is 0 Å². The average molecular weight is 253 g/mol. The highest BCUT2D eigenvalue weighted by molar-refractivity contribution is 6.17. The van der Waals surface area contributed by atoms with Gasteiger partial charge in [-0.2, -0.15) is 0 Å². The van der Waals surface area contributed by atoms with Crippen LogP contribution in [0.15, 0.2) is 43.0 Å². The lowest BCUT2D eigenvalue weighted by molar-refractivity contribution is 0.0793. The summed E-state index contributed by atoms with van der Waals surface area (Å²) >= 11 is 5.61. The van der Waals surface area contributed by atoms with Gasteiger partial charge in [0, 0.05) is 12.5 Å². The number of alkyl halides is 1. The quantitative estimate of drug-likeness (QED) is 0.363. The standard InChI is InChI=1S/C15H21ClO/c1-2-15(17-13-7-12-16)11-6-10-14-8-4-3-5-9-14/h2-5,8-9,15H,1,6-7,10-13H2/t15-/m0/s1. The molecule has 0 heterocycles. The van der Waals surface area contributed by atoms with E-state index in [1.165, 1.54) is 5.56 Å². The molecule has 0 saturated heterocycles. The van der Waals surface area contributed by atoms with E-state index in [1.807, 2.05) is 12.1 Å². The van der Waals surface area contributed by atoms with Gasteiger partial charge in [0.25, 0.3) is 0 Å². The first-order chi connectivity index (χ1) is 8.36. The Kier molecular flexibility index (Phi) is 7.78. The molecule has 17 heavy (non-hydrogen) atoms. The maximum Gasteiger partial charge on any atom is 0.0753 e. The molecule has 94 valence electrons. The van der Waals surface area contributed by atoms with Gasteiger partial charge in [0.1, 0.15) is 0 Å². The Morgan fingerprint density at radius 3 is 2.65 bits per heavy atom. The highest BCUT2D eigenvalue weighted by Gasteiger charge is 2.04. The summed E-state index contributed by atoms with van der Waals surface area (Å²) in [7, 11) is 0. The number of rotatable bonds is 9. The Morgan fingerprint density at radius 2 is 2.00 bits per heavy atom. The van der Waals surface area contributed by atoms with Gasteiger partial charge in [-0.1, -0.05) is 36.4 Å². The van der Waals surface area contributed by atoms with E-state index in [4.69, 9.17) is 16.3 Å². The fourth-order valence-corrected chi connectivity index (χ4v) is 1.82. The van der Waals surface area contributed by atoms with Gasteiger partial charge in [0.15, 0.2) is 0 Å². The van der Waals surface area contributed by atoms with Gasteiger partial charge in [-0.05, 0) is 31.2 Å². The SMILES string of the molecule is C=C[C@@H](CCCc1ccccc1)OCCCCl. The Hall–Kier alpha value is -0.790. The first-order valence-corrected chi connectivity index (χ1v) is 6.74. The largest absolute Gasteiger partial charge is 0.374 e. The number of halogens is 1. The predicted octanol–water partition coefficient (Wildman–Crippen LogP) is 4.21. The summed E-state index contributed by atoms with van der Waals surface area (Å²) in [5.41, 5.74) is 1.39. The van der Waals surface area contributed by atoms with Gasteiger partial charge in [-0.15, -0.1) is 18.2 Å². The van der Waals surface area contributed by atoms with Crippen LogP contribution in [0, 0.1) is 0 Å². The van der Waals surface area contributed by atoms with Crippen molar-refractivity contribution in [3.05, 3.63) is 48.6 Å². The Bertz CT molecular complexity index is 297. The van der Waals surface area contributed by atoms with Gasteiger partial charge in [-0.3, -0.25) is 0 Å². The minimum atomic E-state index is 0.168. The third-order valence-corrected chi connectivity index (χ3v) is 2.94. The molecule has 0 fully saturated rings. The van der Waals surface area contributed by atoms with E-state index in [0.717, 1.165) is 32.3 Å². The summed E-state index contributed by atoms with van der Waals surface area (Å²) in [6.07, 6.45) is 6.22. The predicted molar refractivity (Wildman–Crippen MR) is 74.7 cm³/mol. The van der Waals surface area contributed by atoms with Crippen LogP contribution >= 0.6 is 11.6 Å². The third kappa shape index (κ3) is 6.50. The summed E-state index contributed by atoms with van der Waals surface area (Å²) in [6, 6.07) is 10.5. The van der Waals surface area contributed by atoms with Crippen molar-refractivity contribution in [2.45, 2.75) is 31.8 Å². The van der Waals surface area contributed by atoms with Gasteiger partial charge < -0.3 is 4.74 Å². The molecule has 0 bridgehead atoms. The molecule has 0 radical (unpaired) electrons. The molecule has 1 aromatic rings. The molecule has 1 nitrogen and oxygen atoms in total. The van der Waals surface area contributed by atoms with E-state index >= 15 is 0 Å². The van der Waals surface area contributed by atoms with Crippen molar-refractivity contribution in [1.82, 2.24) is 0 Å². The van der Waals surface area contributed by atoms with Crippen molar-refractivity contribution in [1.29, 1.82) is 0 Å². The molecule has 1 rings (SSSR count). The van der Waals surface area contributed by atoms with Crippen LogP contribution in [-0.4, -0.2) is 18.6 Å². The van der Waals surface area contributed by atoms with Crippen LogP contribution in [0.2, 0.25) is 0 Å². The second-order valence-corrected chi connectivity index (χ2v) is 4.44. The fourth-order valence-electron chi connectivity index (χ4n) is 1.71. The molecule has 0 spiro atoms. The number of ether oxygens (including phenoxy) is 1. The first kappa shape index (κ1) is 14.3. The van der Waals surface area contributed by atoms with Crippen LogP contribution in [0.3, 0.4) is 0 Å². The molecule has 0 aliphatic carbocycles. The lowest BCUT2D eigenvalue weighted by Crippen LogP contribution is -2.11. The van der Waals surface area contributed by atoms with Crippen molar-refractivity contribution < 1.29 is 4.74 Å². The molecule has 0 saturated carbocycles. The maximum absolute atomic E-state index is 5.67. The lowest BCUT2D eigenvalue weighted by Gasteiger charge is -2.13. The summed E-state index contributed by atoms with van der Waals surface area (Å²) in [5.74, 6) is 0.661. The van der Waals surface area contributed by atoms with Crippen molar-refractivity contribution in [2.75, 3.05) is 12.5 Å². The first-order valence-electron chi connectivity index (χ1n) is 6.21. The molecule has 0 amide bonds. The average Bonchev–Trinajstić information content (AvgIpc) is 2.38. The molecule has 0 aliphatic heterocycles. The number of aryl methyl sites for hydroxylation is 1. The summed E-state index contributed by atoms with van der Waals surface area (Å²) in [6.45, 7) is 4.54. The number of benzene rings is 1. The maximum atomic E-state index is 5.67. The molecule has 1 atom stereocenters. The number of hydrogen-bond acceptors (Lipinski definition) is 1. The molecular formula is C15H21ClO. The molecule has 0 N–H and O–H groups in total. The van der Waals surface area contributed by atoms with Gasteiger partial charge in [-0.25, -0.2) is 0 Å². The summed E-state index contributed by atoms with van der Waals surface area (Å²) in [5, 5.41) is 0. The molecule has 2 heteroatoms. The smallest absolute Gasteiger partial charge is 0.0753 e. The summed E-state index contributed by atoms with van der Waals surface area (Å²) < 4.78 is 5.67. The normalized spacial score (nSPS) is 12.3. The van der Waals surface area contributed by atoms with Gasteiger partial charge >= 0.3 is 0 Å². The molecule has 0 unspecified atom stereocenters. The highest BCUT2D eigenvalue weighted by Crippen LogP contribution is 2.09. The minimum absolute atomic E-state index is 0.168. The monoisotopic (exact) mass is 252 g/mol. The molecule has 0 aromatic heterocycles. The van der Waals surface area contributed by atoms with Crippen LogP contribution in [0.4, 0.5) is 0 Å². The van der Waals surface area contributed by atoms with E-state index in [-0.39, 0.29) is 6.10 Å². The minimum Gasteiger partial charge on any atom is -0.374 e. The van der Waals surface area contributed by atoms with E-state index < -0.39 is 0 Å². The van der Waals surface area contributed by atoms with Crippen molar-refractivity contribution in [2.24, 2.45) is 0 Å². The van der Waals surface area contributed by atoms with Crippen molar-refractivity contribution in [3.8, 4) is 0 Å². The fraction of sp³-hybridized carbons (Fsp3) is 0.467. The van der Waals surface area contributed by atoms with E-state index in [1.54, 1.807) is 0 Å². The topological polar surface area (TPSA) is 9.23 Å². The number of hydrogen-bond donors (Lipinski definition) is 0. The molecule has 1 aromatic carbocycles. The van der Waals surface area contributed by atoms with E-state index in [2.05, 4.69) is 30.8 Å². The zero-order valence-corrected chi connectivity index (χ0v) is 11.0. The van der Waals surface area contributed by atoms with Crippen LogP contribution < -0.4 is 0 Å². The van der Waals surface area contributed by atoms with Crippen molar-refractivity contribution >= 4 is 11.6 Å². The van der Waals surface area contributed by atoms with E-state index in [9.17, 15) is 0 Å². The van der Waals surface area contributed by atoms with Crippen LogP contribution in [0.5, 0.6) is 0 Å². The summed E-state index contributed by atoms with van der Waals surface area (Å²) in [4.78, 5) is 0. The van der Waals surface area contributed by atoms with Crippen LogP contribution in [0.1, 0.15) is 24.8 Å². The highest BCUT2D eigenvalue weighted by atomic mass is 35.5. The van der Waals surface area contributed by atoms with Gasteiger partial charge in [0.2, 0.25) is 0 Å². The third-order valence-electron chi connectivity index (χ3n) is 2.67. The second-order valence-electron chi connectivity index (χ2n) is 4.07. The molecule has 0 aliphatic rings. The van der Waals surface area contributed by atoms with Crippen LogP contribution in [-0.2, 0) is 11.2 Å². The second kappa shape index (κ2) is 9.26. The molecular weight excluding hydrogens is 232 g/mol.